The van der Waals surface area contributed by atoms with Crippen molar-refractivity contribution in [3.8, 4) is 0 Å². The number of nitrogens with one attached hydrogen (secondary N) is 1. The van der Waals surface area contributed by atoms with Crippen LogP contribution in [-0.2, 0) is 6.42 Å². The molecule has 0 spiro atoms. The number of nitrogen functional groups attached to an aromatic ring is 1. The predicted molar refractivity (Wildman–Crippen MR) is 87.3 cm³/mol. The molecule has 0 aliphatic carbocycles. The summed E-state index contributed by atoms with van der Waals surface area (Å²) in [6.07, 6.45) is 1.02. The monoisotopic (exact) mass is 282 g/mol. The molecule has 110 valence electrons. The van der Waals surface area contributed by atoms with Crippen molar-refractivity contribution in [2.45, 2.75) is 33.2 Å². The van der Waals surface area contributed by atoms with Gasteiger partial charge < -0.3 is 11.1 Å². The molecule has 0 radical (unpaired) electrons. The van der Waals surface area contributed by atoms with Crippen LogP contribution >= 0.6 is 0 Å². The minimum Gasteiger partial charge on any atom is -0.399 e. The van der Waals surface area contributed by atoms with Gasteiger partial charge in [0.05, 0.1) is 6.04 Å². The van der Waals surface area contributed by atoms with Gasteiger partial charge in [0.15, 0.2) is 0 Å². The lowest BCUT2D eigenvalue weighted by Crippen LogP contribution is -2.26. The first kappa shape index (κ1) is 15.1. The van der Waals surface area contributed by atoms with Gasteiger partial charge in [0.25, 0.3) is 5.91 Å². The predicted octanol–water partition coefficient (Wildman–Crippen LogP) is 3.63. The van der Waals surface area contributed by atoms with E-state index in [4.69, 9.17) is 5.73 Å². The van der Waals surface area contributed by atoms with E-state index in [9.17, 15) is 4.79 Å². The topological polar surface area (TPSA) is 55.1 Å². The van der Waals surface area contributed by atoms with E-state index in [2.05, 4.69) is 36.5 Å². The third kappa shape index (κ3) is 3.85. The summed E-state index contributed by atoms with van der Waals surface area (Å²) in [5, 5.41) is 3.01. The zero-order valence-corrected chi connectivity index (χ0v) is 12.8. The standard InChI is InChI=1S/C18H22N2O/c1-4-14-5-7-15(8-6-14)13(3)20-18(21)16-9-12(2)10-17(19)11-16/h5-11,13H,4,19H2,1-3H3,(H,20,21). The third-order valence-corrected chi connectivity index (χ3v) is 3.60. The summed E-state index contributed by atoms with van der Waals surface area (Å²) < 4.78 is 0. The summed E-state index contributed by atoms with van der Waals surface area (Å²) in [5.74, 6) is -0.0996. The molecule has 0 saturated carbocycles. The second kappa shape index (κ2) is 6.44. The Kier molecular flexibility index (Phi) is 4.63. The number of hydrogen-bond acceptors (Lipinski definition) is 2. The maximum atomic E-state index is 12.3. The minimum absolute atomic E-state index is 0.0369. The summed E-state index contributed by atoms with van der Waals surface area (Å²) in [7, 11) is 0. The Morgan fingerprint density at radius 2 is 1.86 bits per heavy atom. The molecular weight excluding hydrogens is 260 g/mol. The van der Waals surface area contributed by atoms with Crippen molar-refractivity contribution in [1.82, 2.24) is 5.32 Å². The van der Waals surface area contributed by atoms with Crippen LogP contribution in [0.15, 0.2) is 42.5 Å². The molecule has 0 saturated heterocycles. The molecule has 3 heteroatoms. The van der Waals surface area contributed by atoms with Crippen LogP contribution in [0.3, 0.4) is 0 Å². The molecule has 2 aromatic carbocycles. The molecule has 1 unspecified atom stereocenters. The number of carbonyl (C=O) groups excluding carboxylic acids is 1. The number of carbonyl (C=O) groups is 1. The molecule has 2 rings (SSSR count). The van der Waals surface area contributed by atoms with E-state index in [0.717, 1.165) is 17.5 Å². The highest BCUT2D eigenvalue weighted by Gasteiger charge is 2.12. The van der Waals surface area contributed by atoms with Crippen LogP contribution in [-0.4, -0.2) is 5.91 Å². The van der Waals surface area contributed by atoms with Crippen LogP contribution in [0, 0.1) is 6.92 Å². The van der Waals surface area contributed by atoms with Crippen LogP contribution in [0.1, 0.15) is 46.9 Å². The smallest absolute Gasteiger partial charge is 0.251 e. The maximum Gasteiger partial charge on any atom is 0.251 e. The molecule has 0 aromatic heterocycles. The lowest BCUT2D eigenvalue weighted by atomic mass is 10.0. The molecule has 3 N–H and O–H groups in total. The summed E-state index contributed by atoms with van der Waals surface area (Å²) in [6, 6.07) is 13.7. The van der Waals surface area contributed by atoms with Crippen LogP contribution in [0.2, 0.25) is 0 Å². The van der Waals surface area contributed by atoms with Crippen molar-refractivity contribution in [3.63, 3.8) is 0 Å². The second-order valence-corrected chi connectivity index (χ2v) is 5.42. The van der Waals surface area contributed by atoms with Crippen molar-refractivity contribution in [1.29, 1.82) is 0 Å². The maximum absolute atomic E-state index is 12.3. The molecule has 3 nitrogen and oxygen atoms in total. The number of nitrogens with two attached hydrogens (primary N) is 1. The molecule has 21 heavy (non-hydrogen) atoms. The fourth-order valence-electron chi connectivity index (χ4n) is 2.35. The average Bonchev–Trinajstić information content (AvgIpc) is 2.46. The van der Waals surface area contributed by atoms with Crippen LogP contribution in [0.5, 0.6) is 0 Å². The Morgan fingerprint density at radius 1 is 1.19 bits per heavy atom. The van der Waals surface area contributed by atoms with E-state index >= 15 is 0 Å². The Morgan fingerprint density at radius 3 is 2.43 bits per heavy atom. The summed E-state index contributed by atoms with van der Waals surface area (Å²) in [4.78, 5) is 12.3. The molecule has 0 aliphatic rings. The molecule has 1 atom stereocenters. The summed E-state index contributed by atoms with van der Waals surface area (Å²) >= 11 is 0. The molecule has 1 amide bonds. The number of amides is 1. The quantitative estimate of drug-likeness (QED) is 0.841. The summed E-state index contributed by atoms with van der Waals surface area (Å²) in [6.45, 7) is 6.04. The minimum atomic E-state index is -0.0996. The molecule has 0 aliphatic heterocycles. The van der Waals surface area contributed by atoms with E-state index in [-0.39, 0.29) is 11.9 Å². The second-order valence-electron chi connectivity index (χ2n) is 5.42. The van der Waals surface area contributed by atoms with Gasteiger partial charge in [0.2, 0.25) is 0 Å². The highest BCUT2D eigenvalue weighted by atomic mass is 16.1. The molecule has 0 fully saturated rings. The average molecular weight is 282 g/mol. The largest absolute Gasteiger partial charge is 0.399 e. The van der Waals surface area contributed by atoms with Gasteiger partial charge >= 0.3 is 0 Å². The fourth-order valence-corrected chi connectivity index (χ4v) is 2.35. The van der Waals surface area contributed by atoms with Crippen molar-refractivity contribution in [2.75, 3.05) is 5.73 Å². The van der Waals surface area contributed by atoms with Gasteiger partial charge in [0, 0.05) is 11.3 Å². The Bertz CT molecular complexity index is 612. The van der Waals surface area contributed by atoms with E-state index in [0.29, 0.717) is 11.3 Å². The zero-order valence-electron chi connectivity index (χ0n) is 12.8. The van der Waals surface area contributed by atoms with Crippen LogP contribution in [0.4, 0.5) is 5.69 Å². The van der Waals surface area contributed by atoms with E-state index in [1.807, 2.05) is 26.0 Å². The van der Waals surface area contributed by atoms with E-state index in [1.165, 1.54) is 5.56 Å². The van der Waals surface area contributed by atoms with Gasteiger partial charge in [-0.2, -0.15) is 0 Å². The lowest BCUT2D eigenvalue weighted by molar-refractivity contribution is 0.0940. The van der Waals surface area contributed by atoms with Crippen LogP contribution < -0.4 is 11.1 Å². The number of hydrogen-bond donors (Lipinski definition) is 2. The van der Waals surface area contributed by atoms with Gasteiger partial charge in [-0.3, -0.25) is 4.79 Å². The van der Waals surface area contributed by atoms with E-state index in [1.54, 1.807) is 6.07 Å². The Balaban J connectivity index is 2.10. The highest BCUT2D eigenvalue weighted by molar-refractivity contribution is 5.95. The summed E-state index contributed by atoms with van der Waals surface area (Å²) in [5.41, 5.74) is 10.4. The van der Waals surface area contributed by atoms with Crippen molar-refractivity contribution in [3.05, 3.63) is 64.7 Å². The Hall–Kier alpha value is -2.29. The van der Waals surface area contributed by atoms with Gasteiger partial charge in [-0.1, -0.05) is 31.2 Å². The lowest BCUT2D eigenvalue weighted by Gasteiger charge is -2.15. The first-order valence-electron chi connectivity index (χ1n) is 7.26. The first-order chi connectivity index (χ1) is 9.99. The van der Waals surface area contributed by atoms with Gasteiger partial charge in [-0.25, -0.2) is 0 Å². The zero-order chi connectivity index (χ0) is 15.4. The normalized spacial score (nSPS) is 12.0. The third-order valence-electron chi connectivity index (χ3n) is 3.60. The van der Waals surface area contributed by atoms with Gasteiger partial charge in [-0.15, -0.1) is 0 Å². The van der Waals surface area contributed by atoms with Gasteiger partial charge in [0.1, 0.15) is 0 Å². The Labute approximate surface area is 126 Å². The molecule has 2 aromatic rings. The number of rotatable bonds is 4. The van der Waals surface area contributed by atoms with Crippen molar-refractivity contribution >= 4 is 11.6 Å². The first-order valence-corrected chi connectivity index (χ1v) is 7.26. The van der Waals surface area contributed by atoms with Gasteiger partial charge in [-0.05, 0) is 55.2 Å². The number of benzene rings is 2. The molecule has 0 bridgehead atoms. The number of aryl methyl sites for hydroxylation is 2. The van der Waals surface area contributed by atoms with E-state index < -0.39 is 0 Å². The molecular formula is C18H22N2O. The van der Waals surface area contributed by atoms with Crippen LogP contribution in [0.25, 0.3) is 0 Å². The molecule has 0 heterocycles. The number of anilines is 1. The highest BCUT2D eigenvalue weighted by Crippen LogP contribution is 2.16. The van der Waals surface area contributed by atoms with Crippen molar-refractivity contribution < 1.29 is 4.79 Å². The van der Waals surface area contributed by atoms with Crippen molar-refractivity contribution in [2.24, 2.45) is 0 Å². The fraction of sp³-hybridized carbons (Fsp3) is 0.278. The SMILES string of the molecule is CCc1ccc(C(C)NC(=O)c2cc(C)cc(N)c2)cc1.